The number of allylic oxidation sites excluding steroid dienone is 1. The number of carbonyl (C=O) groups excluding carboxylic acids is 1. The summed E-state index contributed by atoms with van der Waals surface area (Å²) < 4.78 is 0. The molecule has 0 saturated heterocycles. The third kappa shape index (κ3) is 1.79. The van der Waals surface area contributed by atoms with Gasteiger partial charge in [0.25, 0.3) is 11.4 Å². The second-order valence-corrected chi connectivity index (χ2v) is 5.90. The predicted molar refractivity (Wildman–Crippen MR) is 69.1 cm³/mol. The molecule has 3 rings (SSSR count). The van der Waals surface area contributed by atoms with Gasteiger partial charge in [0.2, 0.25) is 6.04 Å². The Morgan fingerprint density at radius 2 is 1.68 bits per heavy atom. The average Bonchev–Trinajstić information content (AvgIpc) is 2.43. The van der Waals surface area contributed by atoms with Crippen molar-refractivity contribution in [1.29, 1.82) is 0 Å². The lowest BCUT2D eigenvalue weighted by Crippen LogP contribution is -2.61. The van der Waals surface area contributed by atoms with Crippen LogP contribution in [0.2, 0.25) is 0 Å². The molecule has 0 aromatic carbocycles. The molecule has 5 atom stereocenters. The maximum Gasteiger partial charge on any atom is 0.263 e. The van der Waals surface area contributed by atoms with Gasteiger partial charge in [-0.25, -0.2) is 0 Å². The molecule has 3 aliphatic carbocycles. The molecule has 22 heavy (non-hydrogen) atoms. The van der Waals surface area contributed by atoms with Crippen LogP contribution in [0.3, 0.4) is 0 Å². The highest BCUT2D eigenvalue weighted by Crippen LogP contribution is 2.50. The summed E-state index contributed by atoms with van der Waals surface area (Å²) in [4.78, 5) is 33.1. The predicted octanol–water partition coefficient (Wildman–Crippen LogP) is 0.378. The molecule has 1 N–H and O–H groups in total. The van der Waals surface area contributed by atoms with E-state index in [1.54, 1.807) is 0 Å². The van der Waals surface area contributed by atoms with Gasteiger partial charge in [-0.05, 0) is 12.8 Å². The van der Waals surface area contributed by atoms with Crippen molar-refractivity contribution in [3.8, 4) is 0 Å². The van der Waals surface area contributed by atoms with E-state index in [-0.39, 0.29) is 5.78 Å². The molecule has 4 bridgehead atoms. The van der Waals surface area contributed by atoms with Crippen molar-refractivity contribution in [2.45, 2.75) is 25.3 Å². The van der Waals surface area contributed by atoms with Gasteiger partial charge in [0.1, 0.15) is 17.6 Å². The van der Waals surface area contributed by atoms with E-state index in [4.69, 9.17) is 0 Å². The molecule has 3 aliphatic rings. The highest BCUT2D eigenvalue weighted by atomic mass is 16.8. The Bertz CT molecular complexity index is 637. The van der Waals surface area contributed by atoms with Crippen LogP contribution in [0.1, 0.15) is 19.3 Å². The molecular formula is C12H13N3O7. The van der Waals surface area contributed by atoms with E-state index in [9.17, 15) is 35.4 Å². The van der Waals surface area contributed by atoms with Gasteiger partial charge in [0.15, 0.2) is 0 Å². The van der Waals surface area contributed by atoms with Crippen LogP contribution < -0.4 is 0 Å². The van der Waals surface area contributed by atoms with Crippen LogP contribution in [0.4, 0.5) is 0 Å². The van der Waals surface area contributed by atoms with Crippen molar-refractivity contribution in [2.75, 3.05) is 0 Å². The molecule has 2 fully saturated rings. The molecule has 2 saturated carbocycles. The van der Waals surface area contributed by atoms with E-state index in [2.05, 4.69) is 0 Å². The molecule has 0 aromatic rings. The molecule has 10 nitrogen and oxygen atoms in total. The third-order valence-electron chi connectivity index (χ3n) is 5.02. The van der Waals surface area contributed by atoms with E-state index in [0.29, 0.717) is 19.3 Å². The first-order chi connectivity index (χ1) is 10.3. The maximum atomic E-state index is 12.4. The van der Waals surface area contributed by atoms with Crippen molar-refractivity contribution >= 4 is 11.5 Å². The van der Waals surface area contributed by atoms with Crippen LogP contribution in [-0.4, -0.2) is 37.5 Å². The van der Waals surface area contributed by atoms with E-state index in [1.165, 1.54) is 0 Å². The van der Waals surface area contributed by atoms with Crippen LogP contribution in [0.15, 0.2) is 11.8 Å². The van der Waals surface area contributed by atoms with E-state index in [1.807, 2.05) is 0 Å². The molecule has 0 aliphatic heterocycles. The van der Waals surface area contributed by atoms with Gasteiger partial charge in [-0.1, -0.05) is 6.42 Å². The van der Waals surface area contributed by atoms with Gasteiger partial charge in [-0.3, -0.25) is 30.2 Å². The molecule has 118 valence electrons. The largest absolute Gasteiger partial charge is 0.417 e. The molecular weight excluding hydrogens is 298 g/mol. The Balaban J connectivity index is 2.27. The molecule has 0 aromatic heterocycles. The minimum absolute atomic E-state index is 0.272. The fourth-order valence-electron chi connectivity index (χ4n) is 4.26. The van der Waals surface area contributed by atoms with Gasteiger partial charge in [0, 0.05) is 21.7 Å². The van der Waals surface area contributed by atoms with Crippen LogP contribution in [-0.2, 0) is 4.79 Å². The zero-order chi connectivity index (χ0) is 16.2. The summed E-state index contributed by atoms with van der Waals surface area (Å²) in [7, 11) is 0. The van der Waals surface area contributed by atoms with Crippen molar-refractivity contribution < 1.29 is 24.8 Å². The van der Waals surface area contributed by atoms with Gasteiger partial charge >= 0.3 is 0 Å². The van der Waals surface area contributed by atoms with Gasteiger partial charge < -0.3 is 5.21 Å². The molecule has 0 unspecified atom stereocenters. The molecule has 0 spiro atoms. The summed E-state index contributed by atoms with van der Waals surface area (Å²) >= 11 is 0. The summed E-state index contributed by atoms with van der Waals surface area (Å²) in [6.45, 7) is 0. The average molecular weight is 311 g/mol. The van der Waals surface area contributed by atoms with Crippen molar-refractivity contribution in [3.63, 3.8) is 0 Å². The second kappa shape index (κ2) is 4.75. The van der Waals surface area contributed by atoms with Crippen molar-refractivity contribution in [1.82, 2.24) is 0 Å². The smallest absolute Gasteiger partial charge is 0.263 e. The Hall–Kier alpha value is -2.52. The lowest BCUT2D eigenvalue weighted by molar-refractivity contribution is -0.728. The maximum absolute atomic E-state index is 12.4. The highest BCUT2D eigenvalue weighted by molar-refractivity contribution is 6.01. The molecule has 0 radical (unpaired) electrons. The number of fused-ring (bicyclic) bond motifs is 6. The topological polar surface area (TPSA) is 150 Å². The van der Waals surface area contributed by atoms with Gasteiger partial charge in [-0.15, -0.1) is 0 Å². The monoisotopic (exact) mass is 311 g/mol. The number of hydrogen-bond donors (Lipinski definition) is 1. The van der Waals surface area contributed by atoms with Crippen LogP contribution >= 0.6 is 0 Å². The number of rotatable bonds is 2. The summed E-state index contributed by atoms with van der Waals surface area (Å²) in [6, 6.07) is -1.43. The standard InChI is InChI=1S/C12H13N3O7/c16-12-5-2-1-3-6(12)10-8(14(19)20)4-7(13(17)18)9(5)11(10)15(21)22/h4-6,9-11H,1-3H2,(H,17,18)/t5-,6+,9+,10-,11-/m1/s1. The fourth-order valence-corrected chi connectivity index (χ4v) is 4.26. The number of carbonyl (C=O) groups is 1. The van der Waals surface area contributed by atoms with E-state index >= 15 is 0 Å². The van der Waals surface area contributed by atoms with Gasteiger partial charge in [0.05, 0.1) is 11.0 Å². The van der Waals surface area contributed by atoms with Crippen LogP contribution in [0, 0.1) is 49.1 Å². The van der Waals surface area contributed by atoms with Crippen molar-refractivity contribution in [2.24, 2.45) is 23.7 Å². The first-order valence-corrected chi connectivity index (χ1v) is 6.90. The Morgan fingerprint density at radius 1 is 1.09 bits per heavy atom. The lowest BCUT2D eigenvalue weighted by Gasteiger charge is -2.44. The number of Topliss-reactive ketones (excluding diaryl/α,β-unsaturated/α-hetero) is 1. The summed E-state index contributed by atoms with van der Waals surface area (Å²) in [5, 5.41) is 43.3. The van der Waals surface area contributed by atoms with Gasteiger partial charge in [-0.2, -0.15) is 0 Å². The lowest BCUT2D eigenvalue weighted by atomic mass is 9.55. The van der Waals surface area contributed by atoms with Crippen molar-refractivity contribution in [3.05, 3.63) is 37.2 Å². The van der Waals surface area contributed by atoms with Crippen LogP contribution in [0.5, 0.6) is 0 Å². The Labute approximate surface area is 123 Å². The normalized spacial score (nSPS) is 39.0. The number of ketones is 1. The third-order valence-corrected chi connectivity index (χ3v) is 5.02. The summed E-state index contributed by atoms with van der Waals surface area (Å²) in [6.07, 6.45) is 2.27. The van der Waals surface area contributed by atoms with E-state index in [0.717, 1.165) is 6.08 Å². The van der Waals surface area contributed by atoms with Crippen LogP contribution in [0.25, 0.3) is 0 Å². The minimum Gasteiger partial charge on any atom is -0.417 e. The second-order valence-electron chi connectivity index (χ2n) is 5.90. The molecule has 0 heterocycles. The zero-order valence-electron chi connectivity index (χ0n) is 11.3. The summed E-state index contributed by atoms with van der Waals surface area (Å²) in [5.41, 5.74) is -1.01. The van der Waals surface area contributed by atoms with E-state index < -0.39 is 55.9 Å². The first kappa shape index (κ1) is 14.4. The number of hydrogen-bond acceptors (Lipinski definition) is 7. The fraction of sp³-hybridized carbons (Fsp3) is 0.667. The zero-order valence-corrected chi connectivity index (χ0v) is 11.3. The quantitative estimate of drug-likeness (QED) is 0.335. The first-order valence-electron chi connectivity index (χ1n) is 6.90. The molecule has 10 heteroatoms. The summed E-state index contributed by atoms with van der Waals surface area (Å²) in [5.74, 6) is -4.04. The Morgan fingerprint density at radius 3 is 2.18 bits per heavy atom. The number of nitro groups is 2. The number of nitrogens with zero attached hydrogens (tertiary/aromatic N) is 3. The Kier molecular flexibility index (Phi) is 3.11. The highest BCUT2D eigenvalue weighted by Gasteiger charge is 2.66. The SMILES string of the molecule is O=C1[C@H]2CCC[C@@H]1[C@H]1C(=[N+]([O-])O)C=C([N+](=O)[O-])[C@@H]2[C@@H]1[N+](=O)[O-]. The molecule has 0 amide bonds. The minimum atomic E-state index is -1.43.